The number of amides is 3. The fraction of sp³-hybridized carbons (Fsp3) is 0.529. The Labute approximate surface area is 131 Å². The number of carbonyl (C=O) groups is 2. The first-order valence-electron chi connectivity index (χ1n) is 7.92. The van der Waals surface area contributed by atoms with Crippen LogP contribution in [0.1, 0.15) is 32.3 Å². The molecule has 3 rings (SSSR count). The summed E-state index contributed by atoms with van der Waals surface area (Å²) in [5, 5.41) is 2.86. The molecule has 2 fully saturated rings. The van der Waals surface area contributed by atoms with Crippen molar-refractivity contribution in [1.29, 1.82) is 0 Å². The molecule has 5 nitrogen and oxygen atoms in total. The lowest BCUT2D eigenvalue weighted by Crippen LogP contribution is -2.46. The third kappa shape index (κ3) is 2.61. The van der Waals surface area contributed by atoms with E-state index in [0.717, 1.165) is 37.4 Å². The van der Waals surface area contributed by atoms with Gasteiger partial charge in [0.25, 0.3) is 5.91 Å². The van der Waals surface area contributed by atoms with Gasteiger partial charge < -0.3 is 5.32 Å². The summed E-state index contributed by atoms with van der Waals surface area (Å²) < 4.78 is 0. The minimum atomic E-state index is -0.957. The molecule has 2 aliphatic heterocycles. The lowest BCUT2D eigenvalue weighted by molar-refractivity contribution is -0.132. The average Bonchev–Trinajstić information content (AvgIpc) is 2.75. The molecule has 0 radical (unpaired) electrons. The highest BCUT2D eigenvalue weighted by Crippen LogP contribution is 2.29. The minimum Gasteiger partial charge on any atom is -0.319 e. The van der Waals surface area contributed by atoms with Crippen LogP contribution in [0, 0.1) is 5.92 Å². The number of imide groups is 1. The lowest BCUT2D eigenvalue weighted by atomic mass is 9.92. The van der Waals surface area contributed by atoms with Crippen molar-refractivity contribution in [3.63, 3.8) is 0 Å². The maximum atomic E-state index is 12.8. The van der Waals surface area contributed by atoms with Gasteiger partial charge in [0.2, 0.25) is 0 Å². The van der Waals surface area contributed by atoms with E-state index in [4.69, 9.17) is 0 Å². The summed E-state index contributed by atoms with van der Waals surface area (Å²) in [6.07, 6.45) is 2.25. The van der Waals surface area contributed by atoms with Gasteiger partial charge >= 0.3 is 6.03 Å². The summed E-state index contributed by atoms with van der Waals surface area (Å²) in [6.45, 7) is 6.30. The third-order valence-electron chi connectivity index (χ3n) is 4.84. The zero-order valence-corrected chi connectivity index (χ0v) is 13.2. The molecule has 2 aliphatic rings. The zero-order valence-electron chi connectivity index (χ0n) is 13.2. The Hall–Kier alpha value is -1.88. The largest absolute Gasteiger partial charge is 0.326 e. The third-order valence-corrected chi connectivity index (χ3v) is 4.84. The number of hydrogen-bond donors (Lipinski definition) is 1. The van der Waals surface area contributed by atoms with Crippen LogP contribution < -0.4 is 5.32 Å². The first-order valence-corrected chi connectivity index (χ1v) is 7.92. The number of nitrogens with zero attached hydrogens (tertiary/aromatic N) is 2. The van der Waals surface area contributed by atoms with E-state index in [9.17, 15) is 9.59 Å². The fourth-order valence-corrected chi connectivity index (χ4v) is 3.20. The van der Waals surface area contributed by atoms with Crippen molar-refractivity contribution in [1.82, 2.24) is 15.1 Å². The minimum absolute atomic E-state index is 0.165. The van der Waals surface area contributed by atoms with Crippen LogP contribution in [-0.4, -0.2) is 41.5 Å². The number of nitrogens with one attached hydrogen (secondary N) is 1. The van der Waals surface area contributed by atoms with Gasteiger partial charge in [0.15, 0.2) is 0 Å². The van der Waals surface area contributed by atoms with Crippen LogP contribution >= 0.6 is 0 Å². The summed E-state index contributed by atoms with van der Waals surface area (Å²) >= 11 is 0. The first-order chi connectivity index (χ1) is 10.5. The standard InChI is InChI=1S/C17H23N3O2/c1-13-8-10-19(11-9-13)12-20-15(21)17(2,18-16(20)22)14-6-4-3-5-7-14/h3-7,13H,8-12H2,1-2H3,(H,18,22). The molecule has 1 unspecified atom stereocenters. The maximum Gasteiger partial charge on any atom is 0.326 e. The Bertz CT molecular complexity index is 567. The zero-order chi connectivity index (χ0) is 15.7. The molecular formula is C17H23N3O2. The van der Waals surface area contributed by atoms with Gasteiger partial charge in [-0.15, -0.1) is 0 Å². The van der Waals surface area contributed by atoms with Crippen LogP contribution in [0.25, 0.3) is 0 Å². The summed E-state index contributed by atoms with van der Waals surface area (Å²) in [4.78, 5) is 28.6. The molecule has 1 aromatic carbocycles. The molecule has 118 valence electrons. The second-order valence-electron chi connectivity index (χ2n) is 6.60. The summed E-state index contributed by atoms with van der Waals surface area (Å²) in [5.41, 5.74) is -0.135. The Balaban J connectivity index is 1.74. The maximum absolute atomic E-state index is 12.8. The molecule has 1 atom stereocenters. The van der Waals surface area contributed by atoms with Gasteiger partial charge in [-0.3, -0.25) is 9.69 Å². The number of benzene rings is 1. The first kappa shape index (κ1) is 15.0. The van der Waals surface area contributed by atoms with Crippen molar-refractivity contribution in [2.45, 2.75) is 32.2 Å². The highest BCUT2D eigenvalue weighted by Gasteiger charge is 2.49. The second-order valence-corrected chi connectivity index (χ2v) is 6.60. The van der Waals surface area contributed by atoms with E-state index < -0.39 is 5.54 Å². The summed E-state index contributed by atoms with van der Waals surface area (Å²) in [5.74, 6) is 0.566. The molecule has 2 heterocycles. The number of rotatable bonds is 3. The van der Waals surface area contributed by atoms with Crippen LogP contribution in [0.3, 0.4) is 0 Å². The molecule has 0 aromatic heterocycles. The van der Waals surface area contributed by atoms with Crippen LogP contribution in [0.5, 0.6) is 0 Å². The molecule has 1 aromatic rings. The second kappa shape index (κ2) is 5.72. The Kier molecular flexibility index (Phi) is 3.91. The van der Waals surface area contributed by atoms with E-state index in [1.54, 1.807) is 6.92 Å². The Morgan fingerprint density at radius 1 is 1.18 bits per heavy atom. The predicted molar refractivity (Wildman–Crippen MR) is 84.0 cm³/mol. The highest BCUT2D eigenvalue weighted by atomic mass is 16.2. The highest BCUT2D eigenvalue weighted by molar-refractivity contribution is 6.07. The number of urea groups is 1. The van der Waals surface area contributed by atoms with Gasteiger partial charge in [-0.25, -0.2) is 9.69 Å². The number of hydrogen-bond acceptors (Lipinski definition) is 3. The van der Waals surface area contributed by atoms with Gasteiger partial charge in [-0.05, 0) is 31.2 Å². The van der Waals surface area contributed by atoms with E-state index in [1.165, 1.54) is 4.90 Å². The molecule has 22 heavy (non-hydrogen) atoms. The number of carbonyl (C=O) groups excluding carboxylic acids is 2. The molecule has 2 saturated heterocycles. The molecule has 3 amide bonds. The van der Waals surface area contributed by atoms with Crippen LogP contribution in [0.15, 0.2) is 30.3 Å². The number of piperidine rings is 1. The molecule has 0 saturated carbocycles. The smallest absolute Gasteiger partial charge is 0.319 e. The molecule has 0 aliphatic carbocycles. The molecule has 0 bridgehead atoms. The van der Waals surface area contributed by atoms with Crippen molar-refractivity contribution in [3.05, 3.63) is 35.9 Å². The lowest BCUT2D eigenvalue weighted by Gasteiger charge is -2.32. The van der Waals surface area contributed by atoms with Crippen molar-refractivity contribution >= 4 is 11.9 Å². The van der Waals surface area contributed by atoms with Crippen molar-refractivity contribution in [2.75, 3.05) is 19.8 Å². The van der Waals surface area contributed by atoms with E-state index in [0.29, 0.717) is 6.67 Å². The van der Waals surface area contributed by atoms with E-state index in [2.05, 4.69) is 17.1 Å². The predicted octanol–water partition coefficient (Wildman–Crippen LogP) is 2.14. The van der Waals surface area contributed by atoms with Gasteiger partial charge in [-0.2, -0.15) is 0 Å². The molecular weight excluding hydrogens is 278 g/mol. The molecule has 1 N–H and O–H groups in total. The van der Waals surface area contributed by atoms with Crippen molar-refractivity contribution in [2.24, 2.45) is 5.92 Å². The van der Waals surface area contributed by atoms with Crippen LogP contribution in [-0.2, 0) is 10.3 Å². The van der Waals surface area contributed by atoms with Gasteiger partial charge in [0.1, 0.15) is 5.54 Å². The molecule has 5 heteroatoms. The van der Waals surface area contributed by atoms with E-state index in [1.807, 2.05) is 30.3 Å². The fourth-order valence-electron chi connectivity index (χ4n) is 3.20. The summed E-state index contributed by atoms with van der Waals surface area (Å²) in [6, 6.07) is 9.13. The number of likely N-dealkylation sites (tertiary alicyclic amines) is 1. The van der Waals surface area contributed by atoms with Crippen molar-refractivity contribution in [3.8, 4) is 0 Å². The monoisotopic (exact) mass is 301 g/mol. The Morgan fingerprint density at radius 3 is 2.45 bits per heavy atom. The van der Waals surface area contributed by atoms with Gasteiger partial charge in [0, 0.05) is 13.1 Å². The van der Waals surface area contributed by atoms with Gasteiger partial charge in [0.05, 0.1) is 6.67 Å². The van der Waals surface area contributed by atoms with E-state index in [-0.39, 0.29) is 11.9 Å². The summed E-state index contributed by atoms with van der Waals surface area (Å²) in [7, 11) is 0. The SMILES string of the molecule is CC1CCN(CN2C(=O)NC(C)(c3ccccc3)C2=O)CC1. The Morgan fingerprint density at radius 2 is 1.82 bits per heavy atom. The quantitative estimate of drug-likeness (QED) is 0.870. The normalized spacial score (nSPS) is 27.3. The average molecular weight is 301 g/mol. The molecule has 0 spiro atoms. The topological polar surface area (TPSA) is 52.6 Å². The van der Waals surface area contributed by atoms with Gasteiger partial charge in [-0.1, -0.05) is 37.3 Å². The van der Waals surface area contributed by atoms with Crippen LogP contribution in [0.4, 0.5) is 4.79 Å². The van der Waals surface area contributed by atoms with Crippen LogP contribution in [0.2, 0.25) is 0 Å². The van der Waals surface area contributed by atoms with Crippen molar-refractivity contribution < 1.29 is 9.59 Å². The van der Waals surface area contributed by atoms with E-state index >= 15 is 0 Å².